The fraction of sp³-hybridized carbons (Fsp3) is 0.625. The van der Waals surface area contributed by atoms with Crippen LogP contribution < -0.4 is 11.1 Å². The average molecular weight is 182 g/mol. The maximum absolute atomic E-state index is 5.58. The monoisotopic (exact) mass is 182 g/mol. The van der Waals surface area contributed by atoms with Gasteiger partial charge in [-0.3, -0.25) is 4.68 Å². The Kier molecular flexibility index (Phi) is 2.47. The van der Waals surface area contributed by atoms with E-state index in [4.69, 9.17) is 10.5 Å². The molecule has 1 aromatic rings. The van der Waals surface area contributed by atoms with E-state index < -0.39 is 0 Å². The molecule has 72 valence electrons. The molecule has 0 bridgehead atoms. The van der Waals surface area contributed by atoms with E-state index in [0.717, 1.165) is 19.7 Å². The van der Waals surface area contributed by atoms with Crippen molar-refractivity contribution in [1.82, 2.24) is 15.1 Å². The number of nitrogens with zero attached hydrogens (tertiary/aromatic N) is 2. The molecule has 1 saturated heterocycles. The van der Waals surface area contributed by atoms with Gasteiger partial charge in [0, 0.05) is 19.3 Å². The van der Waals surface area contributed by atoms with Crippen molar-refractivity contribution in [2.75, 3.05) is 32.0 Å². The Morgan fingerprint density at radius 1 is 1.69 bits per heavy atom. The number of ether oxygens (including phenoxy) is 1. The summed E-state index contributed by atoms with van der Waals surface area (Å²) in [6.45, 7) is 3.27. The molecule has 5 heteroatoms. The molecule has 2 heterocycles. The summed E-state index contributed by atoms with van der Waals surface area (Å²) in [4.78, 5) is 0. The van der Waals surface area contributed by atoms with Crippen molar-refractivity contribution in [3.05, 3.63) is 12.4 Å². The molecule has 3 N–H and O–H groups in total. The molecule has 1 atom stereocenters. The second-order valence-electron chi connectivity index (χ2n) is 3.19. The first-order valence-corrected chi connectivity index (χ1v) is 4.44. The topological polar surface area (TPSA) is 65.1 Å². The van der Waals surface area contributed by atoms with Crippen LogP contribution in [-0.4, -0.2) is 36.1 Å². The number of nitrogens with two attached hydrogens (primary N) is 1. The Bertz CT molecular complexity index is 265. The summed E-state index contributed by atoms with van der Waals surface area (Å²) < 4.78 is 7.26. The third kappa shape index (κ3) is 1.99. The van der Waals surface area contributed by atoms with Gasteiger partial charge in [-0.15, -0.1) is 0 Å². The Morgan fingerprint density at radius 2 is 2.62 bits per heavy atom. The highest BCUT2D eigenvalue weighted by Crippen LogP contribution is 2.09. The Hall–Kier alpha value is -1.07. The van der Waals surface area contributed by atoms with E-state index >= 15 is 0 Å². The third-order valence-corrected chi connectivity index (χ3v) is 2.11. The summed E-state index contributed by atoms with van der Waals surface area (Å²) in [7, 11) is 0. The third-order valence-electron chi connectivity index (χ3n) is 2.11. The second-order valence-corrected chi connectivity index (χ2v) is 3.19. The largest absolute Gasteiger partial charge is 0.396 e. The van der Waals surface area contributed by atoms with Gasteiger partial charge in [0.1, 0.15) is 0 Å². The molecule has 2 rings (SSSR count). The molecule has 0 radical (unpaired) electrons. The zero-order valence-corrected chi connectivity index (χ0v) is 7.44. The van der Waals surface area contributed by atoms with Gasteiger partial charge >= 0.3 is 0 Å². The van der Waals surface area contributed by atoms with Gasteiger partial charge in [-0.05, 0) is 0 Å². The van der Waals surface area contributed by atoms with Crippen LogP contribution in [0, 0.1) is 0 Å². The summed E-state index contributed by atoms with van der Waals surface area (Å²) in [5, 5.41) is 7.43. The Morgan fingerprint density at radius 3 is 3.38 bits per heavy atom. The Balaban J connectivity index is 2.06. The summed E-state index contributed by atoms with van der Waals surface area (Å²) in [5.74, 6) is 0. The number of hydrogen-bond donors (Lipinski definition) is 2. The lowest BCUT2D eigenvalue weighted by Crippen LogP contribution is -2.25. The van der Waals surface area contributed by atoms with Crippen LogP contribution in [0.4, 0.5) is 5.69 Å². The quantitative estimate of drug-likeness (QED) is 0.621. The molecule has 0 aromatic carbocycles. The van der Waals surface area contributed by atoms with Gasteiger partial charge in [0.25, 0.3) is 0 Å². The number of aromatic nitrogens is 2. The van der Waals surface area contributed by atoms with Crippen molar-refractivity contribution >= 4 is 5.69 Å². The lowest BCUT2D eigenvalue weighted by molar-refractivity contribution is 0.122. The van der Waals surface area contributed by atoms with E-state index in [1.54, 1.807) is 6.20 Å². The van der Waals surface area contributed by atoms with Crippen molar-refractivity contribution in [2.45, 2.75) is 6.04 Å². The number of nitrogen functional groups attached to an aromatic ring is 1. The van der Waals surface area contributed by atoms with E-state index in [0.29, 0.717) is 12.3 Å². The standard InChI is InChI=1S/C8H14N4O/c9-7-3-11-12(5-7)8-4-10-1-2-13-6-8/h3,5,8,10H,1-2,4,6,9H2. The van der Waals surface area contributed by atoms with Crippen molar-refractivity contribution in [3.63, 3.8) is 0 Å². The molecule has 0 spiro atoms. The fourth-order valence-corrected chi connectivity index (χ4v) is 1.41. The predicted molar refractivity (Wildman–Crippen MR) is 49.4 cm³/mol. The van der Waals surface area contributed by atoms with Crippen molar-refractivity contribution < 1.29 is 4.74 Å². The SMILES string of the molecule is Nc1cnn(C2CNCCOC2)c1. The van der Waals surface area contributed by atoms with Crippen LogP contribution in [0.15, 0.2) is 12.4 Å². The Labute approximate surface area is 76.9 Å². The molecule has 1 aliphatic rings. The molecular weight excluding hydrogens is 168 g/mol. The highest BCUT2D eigenvalue weighted by Gasteiger charge is 2.14. The second kappa shape index (κ2) is 3.76. The van der Waals surface area contributed by atoms with E-state index in [1.165, 1.54) is 0 Å². The van der Waals surface area contributed by atoms with Crippen LogP contribution in [0.25, 0.3) is 0 Å². The van der Waals surface area contributed by atoms with Crippen LogP contribution in [0.1, 0.15) is 6.04 Å². The van der Waals surface area contributed by atoms with Gasteiger partial charge in [0.15, 0.2) is 0 Å². The molecule has 1 aliphatic heterocycles. The highest BCUT2D eigenvalue weighted by molar-refractivity contribution is 5.30. The molecule has 0 amide bonds. The van der Waals surface area contributed by atoms with Gasteiger partial charge in [0.05, 0.1) is 31.1 Å². The number of nitrogens with one attached hydrogen (secondary N) is 1. The minimum Gasteiger partial charge on any atom is -0.396 e. The zero-order valence-electron chi connectivity index (χ0n) is 7.44. The summed E-state index contributed by atoms with van der Waals surface area (Å²) >= 11 is 0. The zero-order chi connectivity index (χ0) is 9.10. The number of hydrogen-bond acceptors (Lipinski definition) is 4. The number of anilines is 1. The minimum absolute atomic E-state index is 0.264. The molecule has 1 aromatic heterocycles. The fourth-order valence-electron chi connectivity index (χ4n) is 1.41. The maximum Gasteiger partial charge on any atom is 0.0877 e. The van der Waals surface area contributed by atoms with Crippen LogP contribution in [0.2, 0.25) is 0 Å². The van der Waals surface area contributed by atoms with E-state index in [9.17, 15) is 0 Å². The molecule has 1 unspecified atom stereocenters. The van der Waals surface area contributed by atoms with Gasteiger partial charge < -0.3 is 15.8 Å². The summed E-state index contributed by atoms with van der Waals surface area (Å²) in [5.41, 5.74) is 6.28. The first-order valence-electron chi connectivity index (χ1n) is 4.44. The first-order chi connectivity index (χ1) is 6.36. The van der Waals surface area contributed by atoms with Crippen LogP contribution in [0.3, 0.4) is 0 Å². The molecule has 0 aliphatic carbocycles. The maximum atomic E-state index is 5.58. The van der Waals surface area contributed by atoms with Crippen LogP contribution >= 0.6 is 0 Å². The number of rotatable bonds is 1. The van der Waals surface area contributed by atoms with Gasteiger partial charge in [-0.1, -0.05) is 0 Å². The van der Waals surface area contributed by atoms with Gasteiger partial charge in [0.2, 0.25) is 0 Å². The predicted octanol–water partition coefficient (Wildman–Crippen LogP) is -0.374. The molecule has 1 fully saturated rings. The van der Waals surface area contributed by atoms with Crippen LogP contribution in [0.5, 0.6) is 0 Å². The molecular formula is C8H14N4O. The molecule has 0 saturated carbocycles. The normalized spacial score (nSPS) is 24.2. The van der Waals surface area contributed by atoms with Gasteiger partial charge in [-0.25, -0.2) is 0 Å². The van der Waals surface area contributed by atoms with Crippen molar-refractivity contribution in [2.24, 2.45) is 0 Å². The molecule has 13 heavy (non-hydrogen) atoms. The van der Waals surface area contributed by atoms with E-state index in [2.05, 4.69) is 10.4 Å². The first kappa shape index (κ1) is 8.52. The average Bonchev–Trinajstić information content (AvgIpc) is 2.43. The lowest BCUT2D eigenvalue weighted by Gasteiger charge is -2.13. The van der Waals surface area contributed by atoms with E-state index in [-0.39, 0.29) is 6.04 Å². The van der Waals surface area contributed by atoms with Crippen LogP contribution in [-0.2, 0) is 4.74 Å². The van der Waals surface area contributed by atoms with E-state index in [1.807, 2.05) is 10.9 Å². The highest BCUT2D eigenvalue weighted by atomic mass is 16.5. The smallest absolute Gasteiger partial charge is 0.0877 e. The minimum atomic E-state index is 0.264. The molecule has 5 nitrogen and oxygen atoms in total. The summed E-state index contributed by atoms with van der Waals surface area (Å²) in [6.07, 6.45) is 3.49. The van der Waals surface area contributed by atoms with Crippen molar-refractivity contribution in [1.29, 1.82) is 0 Å². The summed E-state index contributed by atoms with van der Waals surface area (Å²) in [6, 6.07) is 0.264. The van der Waals surface area contributed by atoms with Gasteiger partial charge in [-0.2, -0.15) is 5.10 Å². The lowest BCUT2D eigenvalue weighted by atomic mass is 10.3. The van der Waals surface area contributed by atoms with Crippen molar-refractivity contribution in [3.8, 4) is 0 Å².